The number of benzene rings is 1. The molecule has 2 N–H and O–H groups in total. The first-order valence-corrected chi connectivity index (χ1v) is 5.75. The fraction of sp³-hybridized carbons (Fsp3) is 0.385. The van der Waals surface area contributed by atoms with Crippen LogP contribution in [0.2, 0.25) is 0 Å². The summed E-state index contributed by atoms with van der Waals surface area (Å²) < 4.78 is 0. The van der Waals surface area contributed by atoms with E-state index in [9.17, 15) is 9.59 Å². The second-order valence-corrected chi connectivity index (χ2v) is 3.76. The lowest BCUT2D eigenvalue weighted by Crippen LogP contribution is -2.26. The maximum Gasteiger partial charge on any atom is 0.216 e. The van der Waals surface area contributed by atoms with E-state index in [1.807, 2.05) is 31.2 Å². The summed E-state index contributed by atoms with van der Waals surface area (Å²) in [6.07, 6.45) is 0.523. The van der Waals surface area contributed by atoms with E-state index in [1.165, 1.54) is 6.92 Å². The SMILES string of the molecule is CCC(=O)c1ccc(NCCNC(C)=O)cc1. The lowest BCUT2D eigenvalue weighted by Gasteiger charge is -2.07. The van der Waals surface area contributed by atoms with Gasteiger partial charge < -0.3 is 10.6 Å². The Hall–Kier alpha value is -1.84. The predicted molar refractivity (Wildman–Crippen MR) is 68.2 cm³/mol. The van der Waals surface area contributed by atoms with Crippen molar-refractivity contribution in [3.05, 3.63) is 29.8 Å². The summed E-state index contributed by atoms with van der Waals surface area (Å²) >= 11 is 0. The number of amides is 1. The van der Waals surface area contributed by atoms with Crippen molar-refractivity contribution in [1.29, 1.82) is 0 Å². The van der Waals surface area contributed by atoms with Crippen LogP contribution < -0.4 is 10.6 Å². The number of anilines is 1. The molecule has 1 rings (SSSR count). The van der Waals surface area contributed by atoms with E-state index < -0.39 is 0 Å². The molecule has 0 aliphatic carbocycles. The first-order chi connectivity index (χ1) is 8.13. The molecule has 0 aromatic heterocycles. The quantitative estimate of drug-likeness (QED) is 0.583. The molecule has 0 aliphatic rings. The third-order valence-corrected chi connectivity index (χ3v) is 2.36. The third-order valence-electron chi connectivity index (χ3n) is 2.36. The van der Waals surface area contributed by atoms with Crippen molar-refractivity contribution in [1.82, 2.24) is 5.32 Å². The Labute approximate surface area is 101 Å². The first kappa shape index (κ1) is 13.2. The van der Waals surface area contributed by atoms with Gasteiger partial charge in [0.15, 0.2) is 5.78 Å². The molecule has 0 radical (unpaired) electrons. The average Bonchev–Trinajstić information content (AvgIpc) is 2.34. The maximum atomic E-state index is 11.4. The summed E-state index contributed by atoms with van der Waals surface area (Å²) in [5, 5.41) is 5.86. The van der Waals surface area contributed by atoms with Crippen molar-refractivity contribution >= 4 is 17.4 Å². The zero-order chi connectivity index (χ0) is 12.7. The fourth-order valence-corrected chi connectivity index (χ4v) is 1.42. The summed E-state index contributed by atoms with van der Waals surface area (Å²) in [6, 6.07) is 7.37. The van der Waals surface area contributed by atoms with E-state index in [0.29, 0.717) is 19.5 Å². The highest BCUT2D eigenvalue weighted by atomic mass is 16.1. The van der Waals surface area contributed by atoms with Crippen LogP contribution >= 0.6 is 0 Å². The molecule has 0 bridgehead atoms. The van der Waals surface area contributed by atoms with Gasteiger partial charge in [-0.3, -0.25) is 9.59 Å². The van der Waals surface area contributed by atoms with Crippen LogP contribution in [-0.4, -0.2) is 24.8 Å². The summed E-state index contributed by atoms with van der Waals surface area (Å²) in [6.45, 7) is 4.60. The Morgan fingerprint density at radius 2 is 1.76 bits per heavy atom. The highest BCUT2D eigenvalue weighted by Crippen LogP contribution is 2.10. The topological polar surface area (TPSA) is 58.2 Å². The Balaban J connectivity index is 2.40. The number of ketones is 1. The van der Waals surface area contributed by atoms with Crippen LogP contribution in [0.25, 0.3) is 0 Å². The van der Waals surface area contributed by atoms with Crippen LogP contribution in [0, 0.1) is 0 Å². The second kappa shape index (κ2) is 6.68. The van der Waals surface area contributed by atoms with Crippen LogP contribution in [0.15, 0.2) is 24.3 Å². The lowest BCUT2D eigenvalue weighted by molar-refractivity contribution is -0.118. The molecule has 0 aliphatic heterocycles. The van der Waals surface area contributed by atoms with Gasteiger partial charge in [-0.2, -0.15) is 0 Å². The molecule has 4 heteroatoms. The van der Waals surface area contributed by atoms with E-state index in [2.05, 4.69) is 10.6 Å². The molecule has 92 valence electrons. The molecule has 0 spiro atoms. The largest absolute Gasteiger partial charge is 0.383 e. The maximum absolute atomic E-state index is 11.4. The minimum Gasteiger partial charge on any atom is -0.383 e. The molecule has 0 saturated heterocycles. The molecule has 0 saturated carbocycles. The van der Waals surface area contributed by atoms with Crippen LogP contribution in [0.5, 0.6) is 0 Å². The van der Waals surface area contributed by atoms with Crippen molar-refractivity contribution in [2.75, 3.05) is 18.4 Å². The summed E-state index contributed by atoms with van der Waals surface area (Å²) in [7, 11) is 0. The normalized spacial score (nSPS) is 9.76. The van der Waals surface area contributed by atoms with Crippen LogP contribution in [0.1, 0.15) is 30.6 Å². The van der Waals surface area contributed by atoms with Gasteiger partial charge in [-0.1, -0.05) is 6.92 Å². The lowest BCUT2D eigenvalue weighted by atomic mass is 10.1. The standard InChI is InChI=1S/C13H18N2O2/c1-3-13(17)11-4-6-12(7-5-11)15-9-8-14-10(2)16/h4-7,15H,3,8-9H2,1-2H3,(H,14,16). The van der Waals surface area contributed by atoms with Crippen molar-refractivity contribution < 1.29 is 9.59 Å². The molecule has 1 aromatic rings. The molecule has 17 heavy (non-hydrogen) atoms. The van der Waals surface area contributed by atoms with Gasteiger partial charge >= 0.3 is 0 Å². The van der Waals surface area contributed by atoms with Crippen molar-refractivity contribution in [3.8, 4) is 0 Å². The smallest absolute Gasteiger partial charge is 0.216 e. The Morgan fingerprint density at radius 1 is 1.12 bits per heavy atom. The van der Waals surface area contributed by atoms with Gasteiger partial charge in [-0.15, -0.1) is 0 Å². The van der Waals surface area contributed by atoms with Gasteiger partial charge in [-0.05, 0) is 24.3 Å². The van der Waals surface area contributed by atoms with Crippen LogP contribution in [-0.2, 0) is 4.79 Å². The van der Waals surface area contributed by atoms with Gasteiger partial charge in [0.1, 0.15) is 0 Å². The van der Waals surface area contributed by atoms with Crippen molar-refractivity contribution in [2.45, 2.75) is 20.3 Å². The zero-order valence-corrected chi connectivity index (χ0v) is 10.2. The average molecular weight is 234 g/mol. The van der Waals surface area contributed by atoms with Crippen LogP contribution in [0.4, 0.5) is 5.69 Å². The van der Waals surface area contributed by atoms with Gasteiger partial charge in [0, 0.05) is 37.7 Å². The Morgan fingerprint density at radius 3 is 2.29 bits per heavy atom. The first-order valence-electron chi connectivity index (χ1n) is 5.75. The van der Waals surface area contributed by atoms with Gasteiger partial charge in [-0.25, -0.2) is 0 Å². The number of carbonyl (C=O) groups is 2. The molecule has 4 nitrogen and oxygen atoms in total. The van der Waals surface area contributed by atoms with E-state index in [0.717, 1.165) is 11.3 Å². The van der Waals surface area contributed by atoms with Crippen LogP contribution in [0.3, 0.4) is 0 Å². The molecule has 0 fully saturated rings. The minimum absolute atomic E-state index is 0.0318. The molecule has 1 amide bonds. The van der Waals surface area contributed by atoms with Gasteiger partial charge in [0.2, 0.25) is 5.91 Å². The number of carbonyl (C=O) groups excluding carboxylic acids is 2. The molecule has 1 aromatic carbocycles. The van der Waals surface area contributed by atoms with E-state index >= 15 is 0 Å². The number of hydrogen-bond acceptors (Lipinski definition) is 3. The Kier molecular flexibility index (Phi) is 5.20. The number of Topliss-reactive ketones (excluding diaryl/α,β-unsaturated/α-hetero) is 1. The second-order valence-electron chi connectivity index (χ2n) is 3.76. The van der Waals surface area contributed by atoms with E-state index in [1.54, 1.807) is 0 Å². The number of nitrogens with one attached hydrogen (secondary N) is 2. The number of rotatable bonds is 6. The zero-order valence-electron chi connectivity index (χ0n) is 10.2. The predicted octanol–water partition coefficient (Wildman–Crippen LogP) is 1.83. The fourth-order valence-electron chi connectivity index (χ4n) is 1.42. The molecule has 0 atom stereocenters. The van der Waals surface area contributed by atoms with Crippen molar-refractivity contribution in [3.63, 3.8) is 0 Å². The molecular weight excluding hydrogens is 216 g/mol. The third kappa shape index (κ3) is 4.68. The molecule has 0 unspecified atom stereocenters. The van der Waals surface area contributed by atoms with Gasteiger partial charge in [0.05, 0.1) is 0 Å². The van der Waals surface area contributed by atoms with Crippen molar-refractivity contribution in [2.24, 2.45) is 0 Å². The van der Waals surface area contributed by atoms with Gasteiger partial charge in [0.25, 0.3) is 0 Å². The number of hydrogen-bond donors (Lipinski definition) is 2. The highest BCUT2D eigenvalue weighted by Gasteiger charge is 2.01. The molecule has 0 heterocycles. The summed E-state index contributed by atoms with van der Waals surface area (Å²) in [4.78, 5) is 22.0. The monoisotopic (exact) mass is 234 g/mol. The highest BCUT2D eigenvalue weighted by molar-refractivity contribution is 5.96. The van der Waals surface area contributed by atoms with E-state index in [4.69, 9.17) is 0 Å². The summed E-state index contributed by atoms with van der Waals surface area (Å²) in [5.74, 6) is 0.116. The molecular formula is C13H18N2O2. The Bertz CT molecular complexity index is 385. The summed E-state index contributed by atoms with van der Waals surface area (Å²) in [5.41, 5.74) is 1.68. The van der Waals surface area contributed by atoms with E-state index in [-0.39, 0.29) is 11.7 Å². The minimum atomic E-state index is -0.0318.